The number of fused-ring (bicyclic) bond motifs is 1. The first kappa shape index (κ1) is 19.4. The first-order valence-corrected chi connectivity index (χ1v) is 9.73. The Morgan fingerprint density at radius 1 is 1.17 bits per heavy atom. The van der Waals surface area contributed by atoms with Crippen LogP contribution in [0.3, 0.4) is 0 Å². The predicted molar refractivity (Wildman–Crippen MR) is 114 cm³/mol. The molecule has 0 spiro atoms. The van der Waals surface area contributed by atoms with Crippen molar-refractivity contribution >= 4 is 39.7 Å². The van der Waals surface area contributed by atoms with Crippen molar-refractivity contribution in [2.24, 2.45) is 0 Å². The lowest BCUT2D eigenvalue weighted by atomic mass is 10.1. The number of halogens is 1. The van der Waals surface area contributed by atoms with Crippen LogP contribution in [0.25, 0.3) is 10.9 Å². The summed E-state index contributed by atoms with van der Waals surface area (Å²) in [5.41, 5.74) is 8.42. The molecule has 150 valence electrons. The molecular formula is C20H21ClN6O2. The summed E-state index contributed by atoms with van der Waals surface area (Å²) < 4.78 is 0. The third-order valence-corrected chi connectivity index (χ3v) is 5.52. The summed E-state index contributed by atoms with van der Waals surface area (Å²) in [5.74, 6) is 1.20. The van der Waals surface area contributed by atoms with Gasteiger partial charge in [0.15, 0.2) is 0 Å². The highest BCUT2D eigenvalue weighted by molar-refractivity contribution is 6.33. The van der Waals surface area contributed by atoms with Crippen molar-refractivity contribution in [3.63, 3.8) is 0 Å². The minimum absolute atomic E-state index is 0.0448. The highest BCUT2D eigenvalue weighted by Gasteiger charge is 2.23. The van der Waals surface area contributed by atoms with Gasteiger partial charge in [-0.1, -0.05) is 23.7 Å². The summed E-state index contributed by atoms with van der Waals surface area (Å²) in [6.07, 6.45) is 0. The molecule has 8 nitrogen and oxygen atoms in total. The van der Waals surface area contributed by atoms with Gasteiger partial charge in [-0.3, -0.25) is 15.0 Å². The van der Waals surface area contributed by atoms with E-state index >= 15 is 0 Å². The van der Waals surface area contributed by atoms with Gasteiger partial charge in [0.1, 0.15) is 11.6 Å². The normalized spacial score (nSPS) is 15.0. The van der Waals surface area contributed by atoms with Crippen molar-refractivity contribution < 1.29 is 4.92 Å². The molecule has 4 rings (SSSR count). The zero-order valence-electron chi connectivity index (χ0n) is 16.0. The number of hydrogen-bond acceptors (Lipinski definition) is 7. The van der Waals surface area contributed by atoms with Gasteiger partial charge in [-0.2, -0.15) is 0 Å². The Morgan fingerprint density at radius 3 is 2.62 bits per heavy atom. The van der Waals surface area contributed by atoms with E-state index in [1.165, 1.54) is 6.07 Å². The Balaban J connectivity index is 1.45. The van der Waals surface area contributed by atoms with Crippen LogP contribution in [-0.4, -0.2) is 46.0 Å². The zero-order chi connectivity index (χ0) is 20.5. The maximum atomic E-state index is 11.1. The van der Waals surface area contributed by atoms with E-state index in [0.29, 0.717) is 28.8 Å². The number of nitrogens with zero attached hydrogens (tertiary/aromatic N) is 5. The Hall–Kier alpha value is -2.97. The second kappa shape index (κ2) is 7.81. The van der Waals surface area contributed by atoms with Crippen molar-refractivity contribution in [3.8, 4) is 0 Å². The number of rotatable bonds is 4. The smallest absolute Gasteiger partial charge is 0.273 e. The van der Waals surface area contributed by atoms with E-state index < -0.39 is 4.92 Å². The van der Waals surface area contributed by atoms with Gasteiger partial charge in [-0.25, -0.2) is 9.97 Å². The maximum Gasteiger partial charge on any atom is 0.273 e. The molecule has 9 heteroatoms. The van der Waals surface area contributed by atoms with Crippen LogP contribution in [-0.2, 0) is 6.54 Å². The number of hydrogen-bond donors (Lipinski definition) is 1. The number of aromatic nitrogens is 2. The molecule has 3 aromatic rings. The standard InChI is InChI=1S/C20H21ClN6O2/c1-13-10-18(15(21)11-17(13)27(28)29)26-8-6-25(7-9-26)12-19-23-16-5-3-2-4-14(16)20(22)24-19/h2-5,10-11H,6-9,12H2,1H3,(H2,22,23,24). The van der Waals surface area contributed by atoms with Crippen molar-refractivity contribution in [2.45, 2.75) is 13.5 Å². The molecule has 1 aromatic heterocycles. The zero-order valence-corrected chi connectivity index (χ0v) is 16.8. The van der Waals surface area contributed by atoms with Gasteiger partial charge in [0, 0.05) is 43.2 Å². The quantitative estimate of drug-likeness (QED) is 0.517. The van der Waals surface area contributed by atoms with Crippen LogP contribution in [0.5, 0.6) is 0 Å². The molecule has 0 bridgehead atoms. The highest BCUT2D eigenvalue weighted by Crippen LogP contribution is 2.33. The fraction of sp³-hybridized carbons (Fsp3) is 0.300. The third-order valence-electron chi connectivity index (χ3n) is 5.22. The molecule has 1 saturated heterocycles. The number of nitrogens with two attached hydrogens (primary N) is 1. The SMILES string of the molecule is Cc1cc(N2CCN(Cc3nc(N)c4ccccc4n3)CC2)c(Cl)cc1[N+](=O)[O-]. The third kappa shape index (κ3) is 3.94. The number of para-hydroxylation sites is 1. The fourth-order valence-corrected chi connectivity index (χ4v) is 3.94. The number of nitro benzene ring substituents is 1. The summed E-state index contributed by atoms with van der Waals surface area (Å²) >= 11 is 6.32. The first-order valence-electron chi connectivity index (χ1n) is 9.35. The van der Waals surface area contributed by atoms with Crippen LogP contribution in [0.4, 0.5) is 17.2 Å². The monoisotopic (exact) mass is 412 g/mol. The summed E-state index contributed by atoms with van der Waals surface area (Å²) in [4.78, 5) is 24.2. The van der Waals surface area contributed by atoms with E-state index in [1.54, 1.807) is 13.0 Å². The molecule has 0 atom stereocenters. The second-order valence-corrected chi connectivity index (χ2v) is 7.56. The lowest BCUT2D eigenvalue weighted by Gasteiger charge is -2.36. The molecule has 1 aliphatic rings. The Morgan fingerprint density at radius 2 is 1.90 bits per heavy atom. The Bertz CT molecular complexity index is 1080. The van der Waals surface area contributed by atoms with Crippen LogP contribution in [0.2, 0.25) is 5.02 Å². The number of benzene rings is 2. The molecule has 2 heterocycles. The van der Waals surface area contributed by atoms with Crippen LogP contribution in [0.15, 0.2) is 36.4 Å². The molecule has 0 unspecified atom stereocenters. The topological polar surface area (TPSA) is 101 Å². The van der Waals surface area contributed by atoms with Crippen LogP contribution < -0.4 is 10.6 Å². The van der Waals surface area contributed by atoms with E-state index in [1.807, 2.05) is 24.3 Å². The largest absolute Gasteiger partial charge is 0.383 e. The minimum Gasteiger partial charge on any atom is -0.383 e. The Kier molecular flexibility index (Phi) is 5.21. The van der Waals surface area contributed by atoms with E-state index in [-0.39, 0.29) is 5.69 Å². The lowest BCUT2D eigenvalue weighted by molar-refractivity contribution is -0.385. The van der Waals surface area contributed by atoms with Crippen LogP contribution in [0.1, 0.15) is 11.4 Å². The molecule has 1 fully saturated rings. The van der Waals surface area contributed by atoms with E-state index in [2.05, 4.69) is 19.8 Å². The summed E-state index contributed by atoms with van der Waals surface area (Å²) in [6.45, 7) is 5.50. The Labute approximate surface area is 173 Å². The predicted octanol–water partition coefficient (Wildman–Crippen LogP) is 3.40. The van der Waals surface area contributed by atoms with E-state index in [0.717, 1.165) is 42.8 Å². The number of piperazine rings is 1. The number of nitrogen functional groups attached to an aromatic ring is 1. The molecule has 2 N–H and O–H groups in total. The average Bonchev–Trinajstić information content (AvgIpc) is 2.70. The molecule has 29 heavy (non-hydrogen) atoms. The molecule has 0 saturated carbocycles. The van der Waals surface area contributed by atoms with Gasteiger partial charge in [-0.15, -0.1) is 0 Å². The first-order chi connectivity index (χ1) is 13.9. The van der Waals surface area contributed by atoms with E-state index in [4.69, 9.17) is 17.3 Å². The lowest BCUT2D eigenvalue weighted by Crippen LogP contribution is -2.46. The van der Waals surface area contributed by atoms with Crippen molar-refractivity contribution in [3.05, 3.63) is 62.9 Å². The minimum atomic E-state index is -0.405. The van der Waals surface area contributed by atoms with Gasteiger partial charge in [0.25, 0.3) is 5.69 Å². The second-order valence-electron chi connectivity index (χ2n) is 7.15. The number of aryl methyl sites for hydroxylation is 1. The van der Waals surface area contributed by atoms with E-state index in [9.17, 15) is 10.1 Å². The van der Waals surface area contributed by atoms with Crippen molar-refractivity contribution in [1.29, 1.82) is 0 Å². The molecule has 0 amide bonds. The molecule has 0 aliphatic carbocycles. The molecular weight excluding hydrogens is 392 g/mol. The molecule has 1 aliphatic heterocycles. The summed E-state index contributed by atoms with van der Waals surface area (Å²) in [7, 11) is 0. The summed E-state index contributed by atoms with van der Waals surface area (Å²) in [6, 6.07) is 10.9. The van der Waals surface area contributed by atoms with Gasteiger partial charge >= 0.3 is 0 Å². The van der Waals surface area contributed by atoms with Gasteiger partial charge in [0.2, 0.25) is 0 Å². The number of anilines is 2. The molecule has 0 radical (unpaired) electrons. The van der Waals surface area contributed by atoms with Gasteiger partial charge < -0.3 is 10.6 Å². The van der Waals surface area contributed by atoms with Gasteiger partial charge in [-0.05, 0) is 25.1 Å². The average molecular weight is 413 g/mol. The van der Waals surface area contributed by atoms with Gasteiger partial charge in [0.05, 0.1) is 27.7 Å². The fourth-order valence-electron chi connectivity index (χ4n) is 3.66. The summed E-state index contributed by atoms with van der Waals surface area (Å²) in [5, 5.41) is 12.4. The van der Waals surface area contributed by atoms with Crippen LogP contribution in [0, 0.1) is 17.0 Å². The number of nitro groups is 1. The van der Waals surface area contributed by atoms with Crippen molar-refractivity contribution in [1.82, 2.24) is 14.9 Å². The molecule has 2 aromatic carbocycles. The maximum absolute atomic E-state index is 11.1. The van der Waals surface area contributed by atoms with Crippen molar-refractivity contribution in [2.75, 3.05) is 36.8 Å². The van der Waals surface area contributed by atoms with Crippen LogP contribution >= 0.6 is 11.6 Å². The highest BCUT2D eigenvalue weighted by atomic mass is 35.5.